The lowest BCUT2D eigenvalue weighted by Crippen LogP contribution is -2.58. The topological polar surface area (TPSA) is 97.0 Å². The van der Waals surface area contributed by atoms with Crippen LogP contribution >= 0.6 is 0 Å². The summed E-state index contributed by atoms with van der Waals surface area (Å²) in [5.41, 5.74) is 0.855. The Balaban J connectivity index is 1.74. The van der Waals surface area contributed by atoms with E-state index < -0.39 is 17.6 Å². The largest absolute Gasteiger partial charge is 0.423 e. The molecule has 218 valence electrons. The van der Waals surface area contributed by atoms with E-state index in [1.807, 2.05) is 46.0 Å². The van der Waals surface area contributed by atoms with E-state index >= 15 is 0 Å². The zero-order valence-corrected chi connectivity index (χ0v) is 24.7. The predicted octanol–water partition coefficient (Wildman–Crippen LogP) is 4.37. The van der Waals surface area contributed by atoms with E-state index in [1.54, 1.807) is 36.4 Å². The van der Waals surface area contributed by atoms with E-state index in [0.29, 0.717) is 43.3 Å². The summed E-state index contributed by atoms with van der Waals surface area (Å²) in [4.78, 5) is 41.6. The first-order valence-electron chi connectivity index (χ1n) is 14.2. The first-order valence-corrected chi connectivity index (χ1v) is 14.2. The highest BCUT2D eigenvalue weighted by molar-refractivity contribution is 5.91. The minimum absolute atomic E-state index is 0.148. The second-order valence-electron chi connectivity index (χ2n) is 12.1. The van der Waals surface area contributed by atoms with Gasteiger partial charge in [-0.25, -0.2) is 4.79 Å². The smallest absolute Gasteiger partial charge is 0.343 e. The fourth-order valence-corrected chi connectivity index (χ4v) is 4.86. The van der Waals surface area contributed by atoms with Crippen LogP contribution in [0.15, 0.2) is 54.6 Å². The van der Waals surface area contributed by atoms with E-state index in [-0.39, 0.29) is 23.9 Å². The average Bonchev–Trinajstić information content (AvgIpc) is 2.91. The molecule has 0 saturated carbocycles. The molecule has 8 heteroatoms. The summed E-state index contributed by atoms with van der Waals surface area (Å²) in [5.74, 6) is -0.103. The van der Waals surface area contributed by atoms with Crippen LogP contribution in [0, 0.1) is 5.92 Å². The van der Waals surface area contributed by atoms with Gasteiger partial charge in [-0.1, -0.05) is 44.2 Å². The molecule has 40 heavy (non-hydrogen) atoms. The molecule has 2 atom stereocenters. The highest BCUT2D eigenvalue weighted by Crippen LogP contribution is 2.21. The van der Waals surface area contributed by atoms with Crippen molar-refractivity contribution in [1.82, 2.24) is 15.5 Å². The Hall–Kier alpha value is -3.23. The quantitative estimate of drug-likeness (QED) is 0.318. The Morgan fingerprint density at radius 1 is 0.975 bits per heavy atom. The standard InChI is InChI=1S/C32H45N3O5/c1-22(2)20-28(35(6)25-16-18-39-19-17-25)30(37)33-27(29(36)34-32(3,4)5)21-23-12-14-26(15-13-23)40-31(38)24-10-8-7-9-11-24/h7-15,22,25,27-28H,16-21H2,1-6H3,(H,33,37)(H,34,36)/t27-,28-/m0/s1. The van der Waals surface area contributed by atoms with E-state index in [9.17, 15) is 14.4 Å². The Kier molecular flexibility index (Phi) is 11.3. The molecule has 0 aromatic heterocycles. The summed E-state index contributed by atoms with van der Waals surface area (Å²) < 4.78 is 11.0. The Bertz CT molecular complexity index is 1110. The van der Waals surface area contributed by atoms with Gasteiger partial charge in [0.05, 0.1) is 11.6 Å². The van der Waals surface area contributed by atoms with Crippen LogP contribution in [-0.2, 0) is 20.7 Å². The molecular weight excluding hydrogens is 506 g/mol. The molecule has 1 heterocycles. The third-order valence-electron chi connectivity index (χ3n) is 6.97. The van der Waals surface area contributed by atoms with Crippen LogP contribution in [0.4, 0.5) is 0 Å². The number of nitrogens with zero attached hydrogens (tertiary/aromatic N) is 1. The monoisotopic (exact) mass is 551 g/mol. The molecule has 1 aliphatic rings. The molecule has 1 fully saturated rings. The van der Waals surface area contributed by atoms with E-state index in [1.165, 1.54) is 0 Å². The highest BCUT2D eigenvalue weighted by Gasteiger charge is 2.33. The molecule has 2 aromatic rings. The number of nitrogens with one attached hydrogen (secondary N) is 2. The number of carbonyl (C=O) groups is 3. The van der Waals surface area contributed by atoms with Crippen molar-refractivity contribution in [3.63, 3.8) is 0 Å². The van der Waals surface area contributed by atoms with Crippen molar-refractivity contribution < 1.29 is 23.9 Å². The van der Waals surface area contributed by atoms with Gasteiger partial charge in [-0.3, -0.25) is 14.5 Å². The number of rotatable bonds is 11. The van der Waals surface area contributed by atoms with Gasteiger partial charge in [0.25, 0.3) is 0 Å². The normalized spacial score (nSPS) is 15.9. The molecule has 0 aliphatic carbocycles. The van der Waals surface area contributed by atoms with Crippen LogP contribution in [-0.4, -0.2) is 66.6 Å². The minimum atomic E-state index is -0.762. The SMILES string of the molecule is CC(C)C[C@@H](C(=O)N[C@@H](Cc1ccc(OC(=O)c2ccccc2)cc1)C(=O)NC(C)(C)C)N(C)C1CCOCC1. The van der Waals surface area contributed by atoms with Gasteiger partial charge in [-0.15, -0.1) is 0 Å². The van der Waals surface area contributed by atoms with Crippen LogP contribution in [0.2, 0.25) is 0 Å². The van der Waals surface area contributed by atoms with Crippen molar-refractivity contribution in [3.05, 3.63) is 65.7 Å². The number of esters is 1. The maximum absolute atomic E-state index is 13.7. The second-order valence-corrected chi connectivity index (χ2v) is 12.1. The van der Waals surface area contributed by atoms with E-state index in [2.05, 4.69) is 29.4 Å². The second kappa shape index (κ2) is 14.4. The van der Waals surface area contributed by atoms with Crippen LogP contribution in [0.25, 0.3) is 0 Å². The number of amides is 2. The summed E-state index contributed by atoms with van der Waals surface area (Å²) >= 11 is 0. The van der Waals surface area contributed by atoms with Gasteiger partial charge < -0.3 is 20.1 Å². The zero-order valence-electron chi connectivity index (χ0n) is 24.7. The van der Waals surface area contributed by atoms with Crippen LogP contribution in [0.3, 0.4) is 0 Å². The lowest BCUT2D eigenvalue weighted by atomic mass is 9.97. The van der Waals surface area contributed by atoms with Crippen molar-refractivity contribution in [2.75, 3.05) is 20.3 Å². The molecule has 1 aliphatic heterocycles. The molecule has 0 radical (unpaired) electrons. The third-order valence-corrected chi connectivity index (χ3v) is 6.97. The lowest BCUT2D eigenvalue weighted by Gasteiger charge is -2.37. The molecule has 2 aromatic carbocycles. The zero-order chi connectivity index (χ0) is 29.3. The first-order chi connectivity index (χ1) is 18.9. The van der Waals surface area contributed by atoms with E-state index in [4.69, 9.17) is 9.47 Å². The van der Waals surface area contributed by atoms with Crippen LogP contribution < -0.4 is 15.4 Å². The number of ether oxygens (including phenoxy) is 2. The summed E-state index contributed by atoms with van der Waals surface area (Å²) in [6, 6.07) is 15.0. The Labute approximate surface area is 238 Å². The maximum Gasteiger partial charge on any atom is 0.343 e. The minimum Gasteiger partial charge on any atom is -0.423 e. The van der Waals surface area contributed by atoms with Gasteiger partial charge in [-0.2, -0.15) is 0 Å². The molecule has 0 spiro atoms. The summed E-state index contributed by atoms with van der Waals surface area (Å²) in [7, 11) is 2.00. The van der Waals surface area contributed by atoms with Gasteiger partial charge in [0, 0.05) is 31.2 Å². The van der Waals surface area contributed by atoms with E-state index in [0.717, 1.165) is 18.4 Å². The van der Waals surface area contributed by atoms with Gasteiger partial charge >= 0.3 is 5.97 Å². The number of benzene rings is 2. The van der Waals surface area contributed by atoms with Gasteiger partial charge in [-0.05, 0) is 82.8 Å². The molecule has 3 rings (SSSR count). The van der Waals surface area contributed by atoms with Crippen molar-refractivity contribution >= 4 is 17.8 Å². The summed E-state index contributed by atoms with van der Waals surface area (Å²) in [6.45, 7) is 11.3. The highest BCUT2D eigenvalue weighted by atomic mass is 16.5. The van der Waals surface area contributed by atoms with Crippen molar-refractivity contribution in [1.29, 1.82) is 0 Å². The average molecular weight is 552 g/mol. The maximum atomic E-state index is 13.7. The molecular formula is C32H45N3O5. The first kappa shape index (κ1) is 31.3. The van der Waals surface area contributed by atoms with Crippen LogP contribution in [0.5, 0.6) is 5.75 Å². The molecule has 8 nitrogen and oxygen atoms in total. The number of likely N-dealkylation sites (N-methyl/N-ethyl adjacent to an activating group) is 1. The fourth-order valence-electron chi connectivity index (χ4n) is 4.86. The number of hydrogen-bond acceptors (Lipinski definition) is 6. The van der Waals surface area contributed by atoms with Gasteiger partial charge in [0.15, 0.2) is 0 Å². The number of carbonyl (C=O) groups excluding carboxylic acids is 3. The van der Waals surface area contributed by atoms with Crippen molar-refractivity contribution in [2.45, 2.75) is 84.0 Å². The molecule has 2 N–H and O–H groups in total. The van der Waals surface area contributed by atoms with Crippen LogP contribution in [0.1, 0.15) is 69.8 Å². The van der Waals surface area contributed by atoms with Gasteiger partial charge in [0.1, 0.15) is 11.8 Å². The van der Waals surface area contributed by atoms with Crippen molar-refractivity contribution in [3.8, 4) is 5.75 Å². The Morgan fingerprint density at radius 3 is 2.17 bits per heavy atom. The molecule has 2 amide bonds. The summed E-state index contributed by atoms with van der Waals surface area (Å²) in [6.07, 6.45) is 2.76. The molecule has 0 bridgehead atoms. The summed E-state index contributed by atoms with van der Waals surface area (Å²) in [5, 5.41) is 6.09. The molecule has 1 saturated heterocycles. The van der Waals surface area contributed by atoms with Gasteiger partial charge in [0.2, 0.25) is 11.8 Å². The lowest BCUT2D eigenvalue weighted by molar-refractivity contribution is -0.133. The Morgan fingerprint density at radius 2 is 1.60 bits per heavy atom. The fraction of sp³-hybridized carbons (Fsp3) is 0.531. The number of hydrogen-bond donors (Lipinski definition) is 2. The van der Waals surface area contributed by atoms with Crippen molar-refractivity contribution in [2.24, 2.45) is 5.92 Å². The predicted molar refractivity (Wildman–Crippen MR) is 156 cm³/mol. The molecule has 0 unspecified atom stereocenters. The third kappa shape index (κ3) is 9.75.